The molecule has 1 heterocycles. The Labute approximate surface area is 105 Å². The van der Waals surface area contributed by atoms with Gasteiger partial charge in [0.1, 0.15) is 0 Å². The van der Waals surface area contributed by atoms with Gasteiger partial charge in [-0.05, 0) is 6.07 Å². The first kappa shape index (κ1) is 12.1. The number of non-ortho nitro benzene ring substituents is 1. The number of benzene rings is 1. The van der Waals surface area contributed by atoms with Crippen LogP contribution < -0.4 is 4.80 Å². The predicted octanol–water partition coefficient (Wildman–Crippen LogP) is 1.52. The standard InChI is InChI=1S/C10H8N4O3S/c1-6(15)9-12-13(10(11)18-9)7-3-2-4-8(5-7)14(16)17/h2-5,11H,1H3. The Hall–Kier alpha value is -2.35. The Kier molecular flexibility index (Phi) is 3.02. The van der Waals surface area contributed by atoms with Crippen molar-refractivity contribution >= 4 is 22.8 Å². The van der Waals surface area contributed by atoms with Gasteiger partial charge in [0.05, 0.1) is 10.6 Å². The zero-order valence-electron chi connectivity index (χ0n) is 9.28. The molecule has 0 spiro atoms. The molecule has 0 unspecified atom stereocenters. The molecule has 8 heteroatoms. The third-order valence-electron chi connectivity index (χ3n) is 2.16. The van der Waals surface area contributed by atoms with Crippen molar-refractivity contribution in [3.05, 3.63) is 44.2 Å². The highest BCUT2D eigenvalue weighted by Crippen LogP contribution is 2.15. The third kappa shape index (κ3) is 2.18. The molecule has 2 rings (SSSR count). The average Bonchev–Trinajstić information content (AvgIpc) is 2.72. The van der Waals surface area contributed by atoms with E-state index < -0.39 is 4.92 Å². The minimum absolute atomic E-state index is 0.0423. The maximum Gasteiger partial charge on any atom is 0.271 e. The normalized spacial score (nSPS) is 10.3. The summed E-state index contributed by atoms with van der Waals surface area (Å²) in [5.41, 5.74) is 0.301. The van der Waals surface area contributed by atoms with Crippen LogP contribution in [0.2, 0.25) is 0 Å². The fourth-order valence-electron chi connectivity index (χ4n) is 1.35. The minimum atomic E-state index is -0.522. The predicted molar refractivity (Wildman–Crippen MR) is 64.0 cm³/mol. The van der Waals surface area contributed by atoms with E-state index in [4.69, 9.17) is 5.41 Å². The Morgan fingerprint density at radius 3 is 2.83 bits per heavy atom. The zero-order valence-corrected chi connectivity index (χ0v) is 10.1. The van der Waals surface area contributed by atoms with Crippen molar-refractivity contribution in [2.24, 2.45) is 0 Å². The van der Waals surface area contributed by atoms with Gasteiger partial charge >= 0.3 is 0 Å². The number of aromatic nitrogens is 2. The molecule has 92 valence electrons. The van der Waals surface area contributed by atoms with E-state index in [-0.39, 0.29) is 21.3 Å². The number of nitro benzene ring substituents is 1. The summed E-state index contributed by atoms with van der Waals surface area (Å²) in [7, 11) is 0. The van der Waals surface area contributed by atoms with Crippen molar-refractivity contribution in [1.82, 2.24) is 9.78 Å². The highest BCUT2D eigenvalue weighted by molar-refractivity contribution is 7.10. The largest absolute Gasteiger partial charge is 0.292 e. The molecular formula is C10H8N4O3S. The van der Waals surface area contributed by atoms with Crippen LogP contribution in [-0.4, -0.2) is 20.5 Å². The lowest BCUT2D eigenvalue weighted by molar-refractivity contribution is -0.384. The number of carbonyl (C=O) groups excluding carboxylic acids is 1. The van der Waals surface area contributed by atoms with Gasteiger partial charge in [-0.15, -0.1) is 0 Å². The van der Waals surface area contributed by atoms with Gasteiger partial charge in [0, 0.05) is 19.1 Å². The average molecular weight is 264 g/mol. The van der Waals surface area contributed by atoms with E-state index in [1.807, 2.05) is 0 Å². The van der Waals surface area contributed by atoms with Gasteiger partial charge in [0.25, 0.3) is 5.69 Å². The number of ketones is 1. The Bertz CT molecular complexity index is 688. The van der Waals surface area contributed by atoms with Crippen LogP contribution >= 0.6 is 11.3 Å². The lowest BCUT2D eigenvalue weighted by Gasteiger charge is -1.99. The summed E-state index contributed by atoms with van der Waals surface area (Å²) >= 11 is 0.931. The highest BCUT2D eigenvalue weighted by atomic mass is 32.1. The molecule has 0 saturated carbocycles. The Morgan fingerprint density at radius 1 is 1.56 bits per heavy atom. The SMILES string of the molecule is CC(=O)c1nn(-c2cccc([N+](=O)[O-])c2)c(=N)s1. The summed E-state index contributed by atoms with van der Waals surface area (Å²) in [6, 6.07) is 5.76. The summed E-state index contributed by atoms with van der Waals surface area (Å²) in [6.45, 7) is 1.36. The monoisotopic (exact) mass is 264 g/mol. The van der Waals surface area contributed by atoms with E-state index in [0.29, 0.717) is 5.69 Å². The summed E-state index contributed by atoms with van der Waals surface area (Å²) in [6.07, 6.45) is 0. The molecule has 0 atom stereocenters. The number of carbonyl (C=O) groups is 1. The van der Waals surface area contributed by atoms with Crippen molar-refractivity contribution in [3.8, 4) is 5.69 Å². The van der Waals surface area contributed by atoms with Crippen LogP contribution in [0, 0.1) is 15.5 Å². The molecule has 0 aliphatic rings. The maximum atomic E-state index is 11.2. The summed E-state index contributed by atoms with van der Waals surface area (Å²) in [5, 5.41) is 22.5. The van der Waals surface area contributed by atoms with Gasteiger partial charge in [0.15, 0.2) is 10.8 Å². The first-order valence-corrected chi connectivity index (χ1v) is 5.71. The van der Waals surface area contributed by atoms with Crippen LogP contribution in [0.25, 0.3) is 5.69 Å². The van der Waals surface area contributed by atoms with Crippen molar-refractivity contribution < 1.29 is 9.72 Å². The van der Waals surface area contributed by atoms with Gasteiger partial charge in [0.2, 0.25) is 4.80 Å². The van der Waals surface area contributed by atoms with E-state index in [1.54, 1.807) is 6.07 Å². The topological polar surface area (TPSA) is 102 Å². The first-order chi connectivity index (χ1) is 8.49. The zero-order chi connectivity index (χ0) is 13.3. The smallest absolute Gasteiger partial charge is 0.271 e. The molecule has 0 bridgehead atoms. The number of nitrogens with one attached hydrogen (secondary N) is 1. The van der Waals surface area contributed by atoms with Crippen LogP contribution in [0.3, 0.4) is 0 Å². The molecule has 0 aliphatic carbocycles. The molecule has 0 fully saturated rings. The van der Waals surface area contributed by atoms with Gasteiger partial charge in [-0.25, -0.2) is 4.68 Å². The van der Waals surface area contributed by atoms with Gasteiger partial charge < -0.3 is 0 Å². The van der Waals surface area contributed by atoms with E-state index in [2.05, 4.69) is 5.10 Å². The molecule has 0 amide bonds. The maximum absolute atomic E-state index is 11.2. The van der Waals surface area contributed by atoms with Gasteiger partial charge in [-0.2, -0.15) is 5.10 Å². The molecule has 7 nitrogen and oxygen atoms in total. The fraction of sp³-hybridized carbons (Fsp3) is 0.100. The quantitative estimate of drug-likeness (QED) is 0.515. The van der Waals surface area contributed by atoms with Crippen LogP contribution in [-0.2, 0) is 0 Å². The van der Waals surface area contributed by atoms with Crippen molar-refractivity contribution in [2.75, 3.05) is 0 Å². The Balaban J connectivity index is 2.55. The van der Waals surface area contributed by atoms with E-state index in [0.717, 1.165) is 11.3 Å². The van der Waals surface area contributed by atoms with E-state index in [1.165, 1.54) is 29.8 Å². The molecule has 0 radical (unpaired) electrons. The van der Waals surface area contributed by atoms with Crippen molar-refractivity contribution in [3.63, 3.8) is 0 Å². The summed E-state index contributed by atoms with van der Waals surface area (Å²) < 4.78 is 1.20. The number of nitro groups is 1. The number of rotatable bonds is 3. The number of nitrogens with zero attached hydrogens (tertiary/aromatic N) is 3. The Morgan fingerprint density at radius 2 is 2.28 bits per heavy atom. The van der Waals surface area contributed by atoms with Gasteiger partial charge in [-0.1, -0.05) is 17.4 Å². The highest BCUT2D eigenvalue weighted by Gasteiger charge is 2.12. The first-order valence-electron chi connectivity index (χ1n) is 4.89. The number of Topliss-reactive ketones (excluding diaryl/α,β-unsaturated/α-hetero) is 1. The fourth-order valence-corrected chi connectivity index (χ4v) is 2.03. The molecule has 1 N–H and O–H groups in total. The molecule has 0 saturated heterocycles. The molecular weight excluding hydrogens is 256 g/mol. The number of hydrogen-bond acceptors (Lipinski definition) is 6. The third-order valence-corrected chi connectivity index (χ3v) is 3.09. The van der Waals surface area contributed by atoms with Crippen molar-refractivity contribution in [1.29, 1.82) is 5.41 Å². The minimum Gasteiger partial charge on any atom is -0.292 e. The molecule has 2 aromatic rings. The summed E-state index contributed by atoms with van der Waals surface area (Å²) in [4.78, 5) is 21.3. The van der Waals surface area contributed by atoms with Crippen LogP contribution in [0.15, 0.2) is 24.3 Å². The second-order valence-electron chi connectivity index (χ2n) is 3.46. The van der Waals surface area contributed by atoms with Gasteiger partial charge in [-0.3, -0.25) is 20.3 Å². The van der Waals surface area contributed by atoms with E-state index >= 15 is 0 Å². The van der Waals surface area contributed by atoms with E-state index in [9.17, 15) is 14.9 Å². The molecule has 1 aromatic heterocycles. The van der Waals surface area contributed by atoms with Crippen LogP contribution in [0.5, 0.6) is 0 Å². The lowest BCUT2D eigenvalue weighted by Crippen LogP contribution is -2.12. The summed E-state index contributed by atoms with van der Waals surface area (Å²) in [5.74, 6) is -0.238. The van der Waals surface area contributed by atoms with Crippen LogP contribution in [0.4, 0.5) is 5.69 Å². The second kappa shape index (κ2) is 4.49. The molecule has 18 heavy (non-hydrogen) atoms. The van der Waals surface area contributed by atoms with Crippen molar-refractivity contribution in [2.45, 2.75) is 6.92 Å². The molecule has 1 aromatic carbocycles. The lowest BCUT2D eigenvalue weighted by atomic mass is 10.3. The molecule has 0 aliphatic heterocycles. The second-order valence-corrected chi connectivity index (χ2v) is 4.43. The number of hydrogen-bond donors (Lipinski definition) is 1. The van der Waals surface area contributed by atoms with Crippen LogP contribution in [0.1, 0.15) is 16.7 Å².